The molecule has 0 radical (unpaired) electrons. The number of rotatable bonds is 17. The van der Waals surface area contributed by atoms with Gasteiger partial charge in [0.1, 0.15) is 72.4 Å². The number of nitrogens with zero attached hydrogens (tertiary/aromatic N) is 3. The number of hydrogen-bond acceptors (Lipinski definition) is 16. The summed E-state index contributed by atoms with van der Waals surface area (Å²) in [5.74, 6) is -7.43. The van der Waals surface area contributed by atoms with E-state index in [4.69, 9.17) is 32.4 Å². The van der Waals surface area contributed by atoms with Crippen molar-refractivity contribution < 1.29 is 62.7 Å². The van der Waals surface area contributed by atoms with Crippen molar-refractivity contribution >= 4 is 35.4 Å². The van der Waals surface area contributed by atoms with Crippen molar-refractivity contribution in [2.24, 2.45) is 17.2 Å². The maximum atomic E-state index is 14.8. The summed E-state index contributed by atoms with van der Waals surface area (Å²) < 4.78 is 41.3. The second-order valence-corrected chi connectivity index (χ2v) is 17.8. The van der Waals surface area contributed by atoms with Crippen LogP contribution in [0, 0.1) is 0 Å². The number of anilines is 1. The largest absolute Gasteiger partial charge is 0.504 e. The molecular weight excluding hydrogens is 919 g/mol. The molecule has 378 valence electrons. The molecule has 3 aromatic carbocycles. The van der Waals surface area contributed by atoms with Gasteiger partial charge >= 0.3 is 5.97 Å². The van der Waals surface area contributed by atoms with E-state index < -0.39 is 102 Å². The molecule has 0 saturated carbocycles. The van der Waals surface area contributed by atoms with Crippen LogP contribution in [0.3, 0.4) is 0 Å². The van der Waals surface area contributed by atoms with Crippen LogP contribution in [-0.2, 0) is 31.0 Å². The number of aliphatic carboxylic acids is 1. The number of likely N-dealkylation sites (N-methyl/N-ethyl adjacent to an activating group) is 1. The summed E-state index contributed by atoms with van der Waals surface area (Å²) in [6, 6.07) is 7.20. The predicted molar refractivity (Wildman–Crippen MR) is 252 cm³/mol. The van der Waals surface area contributed by atoms with Crippen LogP contribution in [0.25, 0.3) is 22.5 Å². The average Bonchev–Trinajstić information content (AvgIpc) is 3.31. The predicted octanol–water partition coefficient (Wildman–Crippen LogP) is 1.01. The topological polar surface area (TPSA) is 354 Å². The minimum Gasteiger partial charge on any atom is -0.504 e. The average molecular weight is 979 g/mol. The summed E-state index contributed by atoms with van der Waals surface area (Å²) in [6.45, 7) is 5.71. The lowest BCUT2D eigenvalue weighted by Gasteiger charge is -2.33. The number of amides is 4. The summed E-state index contributed by atoms with van der Waals surface area (Å²) in [5.41, 5.74) is 22.7. The Balaban J connectivity index is 1.65. The number of phenolic OH excluding ortho intramolecular Hbond substituents is 1. The molecule has 6 atom stereocenters. The van der Waals surface area contributed by atoms with Crippen molar-refractivity contribution in [2.45, 2.75) is 88.8 Å². The zero-order chi connectivity index (χ0) is 51.8. The number of aliphatic hydroxyl groups excluding tert-OH is 2. The quantitative estimate of drug-likeness (QED) is 0.0703. The number of nitrogens with one attached hydrogen (secondary N) is 3. The summed E-state index contributed by atoms with van der Waals surface area (Å²) in [4.78, 5) is 78.4. The molecule has 70 heavy (non-hydrogen) atoms. The molecule has 4 amide bonds. The molecule has 3 unspecified atom stereocenters. The van der Waals surface area contributed by atoms with E-state index in [1.165, 1.54) is 37.3 Å². The van der Waals surface area contributed by atoms with Crippen LogP contribution in [0.4, 0.5) is 14.6 Å². The fourth-order valence-corrected chi connectivity index (χ4v) is 7.45. The highest BCUT2D eigenvalue weighted by Gasteiger charge is 2.38. The Morgan fingerprint density at radius 1 is 0.900 bits per heavy atom. The number of benzene rings is 3. The van der Waals surface area contributed by atoms with E-state index in [1.54, 1.807) is 24.3 Å². The van der Waals surface area contributed by atoms with Gasteiger partial charge in [0.15, 0.2) is 17.3 Å². The number of alkyl halides is 2. The number of carbonyl (C=O) groups excluding carboxylic acids is 4. The first kappa shape index (κ1) is 53.9. The van der Waals surface area contributed by atoms with Crippen molar-refractivity contribution in [3.8, 4) is 39.8 Å². The maximum absolute atomic E-state index is 14.8. The Labute approximate surface area is 401 Å². The van der Waals surface area contributed by atoms with E-state index in [0.29, 0.717) is 11.1 Å². The first-order valence-corrected chi connectivity index (χ1v) is 22.2. The molecular formula is C47H60F2N10O11. The Morgan fingerprint density at radius 3 is 2.10 bits per heavy atom. The number of fused-ring (bicyclic) bond motifs is 5. The van der Waals surface area contributed by atoms with Crippen LogP contribution in [0.2, 0.25) is 0 Å². The van der Waals surface area contributed by atoms with Crippen molar-refractivity contribution in [1.29, 1.82) is 0 Å². The van der Waals surface area contributed by atoms with Crippen molar-refractivity contribution in [3.63, 3.8) is 0 Å². The third-order valence-corrected chi connectivity index (χ3v) is 11.4. The van der Waals surface area contributed by atoms with Gasteiger partial charge in [-0.3, -0.25) is 19.2 Å². The van der Waals surface area contributed by atoms with Gasteiger partial charge in [-0.25, -0.2) is 23.5 Å². The van der Waals surface area contributed by atoms with Gasteiger partial charge < -0.3 is 73.7 Å². The molecule has 1 aliphatic rings. The van der Waals surface area contributed by atoms with Gasteiger partial charge in [-0.2, -0.15) is 0 Å². The molecule has 21 nitrogen and oxygen atoms in total. The third-order valence-electron chi connectivity index (χ3n) is 11.4. The Morgan fingerprint density at radius 2 is 1.53 bits per heavy atom. The maximum Gasteiger partial charge on any atom is 0.326 e. The number of nitrogens with two attached hydrogens (primary N) is 4. The van der Waals surface area contributed by atoms with E-state index in [9.17, 15) is 53.2 Å². The van der Waals surface area contributed by atoms with Gasteiger partial charge in [0.2, 0.25) is 17.7 Å². The lowest BCUT2D eigenvalue weighted by Crippen LogP contribution is -2.55. The fraction of sp³-hybridized carbons (Fsp3) is 0.426. The molecule has 1 aliphatic heterocycles. The Kier molecular flexibility index (Phi) is 17.7. The van der Waals surface area contributed by atoms with Crippen LogP contribution < -0.4 is 48.4 Å². The highest BCUT2D eigenvalue weighted by atomic mass is 19.3. The minimum absolute atomic E-state index is 0.0160. The first-order chi connectivity index (χ1) is 33.0. The number of carboxylic acids is 1. The number of phenols is 1. The molecule has 15 N–H and O–H groups in total. The van der Waals surface area contributed by atoms with Crippen LogP contribution in [0.5, 0.6) is 17.2 Å². The van der Waals surface area contributed by atoms with Crippen LogP contribution >= 0.6 is 0 Å². The summed E-state index contributed by atoms with van der Waals surface area (Å²) in [7, 11) is 1.16. The van der Waals surface area contributed by atoms with Gasteiger partial charge in [0.05, 0.1) is 0 Å². The molecule has 0 aliphatic carbocycles. The minimum atomic E-state index is -3.34. The van der Waals surface area contributed by atoms with E-state index in [-0.39, 0.29) is 78.5 Å². The van der Waals surface area contributed by atoms with Crippen LogP contribution in [0.15, 0.2) is 54.6 Å². The number of halogens is 2. The number of aliphatic hydroxyl groups is 2. The lowest BCUT2D eigenvalue weighted by atomic mass is 9.86. The SMILES string of the molecule is CC1NC(=O)C(N(C)C(=O)[C@H](CCN)NC(=O)c2c(N)nc(-c3ccc(C(C)(C)C)cc3)nc2C(F)F)c2cc(OC[C@H](O)CN)c(O)c(c2)-c2cc(ccc2OC[C@H](O)CN)CC(C(=O)O)NC1=O. The molecule has 4 bridgehead atoms. The smallest absolute Gasteiger partial charge is 0.326 e. The highest BCUT2D eigenvalue weighted by Crippen LogP contribution is 2.45. The molecule has 23 heteroatoms. The molecule has 0 spiro atoms. The summed E-state index contributed by atoms with van der Waals surface area (Å²) in [5, 5.41) is 49.9. The van der Waals surface area contributed by atoms with Crippen molar-refractivity contribution in [2.75, 3.05) is 45.6 Å². The molecule has 0 fully saturated rings. The number of hydrogen-bond donors (Lipinski definition) is 11. The fourth-order valence-electron chi connectivity index (χ4n) is 7.45. The van der Waals surface area contributed by atoms with Crippen molar-refractivity contribution in [3.05, 3.63) is 82.5 Å². The number of carboxylic acid groups (broad SMARTS) is 1. The summed E-state index contributed by atoms with van der Waals surface area (Å²) in [6.07, 6.45) is -6.36. The Bertz CT molecular complexity index is 2560. The second kappa shape index (κ2) is 23.0. The van der Waals surface area contributed by atoms with Gasteiger partial charge in [0, 0.05) is 43.2 Å². The van der Waals surface area contributed by atoms with Gasteiger partial charge in [0.25, 0.3) is 12.3 Å². The number of aromatic nitrogens is 2. The zero-order valence-electron chi connectivity index (χ0n) is 39.2. The normalized spacial score (nSPS) is 17.6. The standard InChI is InChI=1S/C47H60F2N10O11/c1-22-42(63)56-32(46(67)68)15-23-6-11-33(69-20-27(60)18-51)29(14-23)30-16-25(17-34(38(30)62)70-21-28(61)19-52)37(44(65)54-22)59(5)45(66)31(12-13-50)55-43(64)35-36(39(48)49)57-41(58-40(35)53)24-7-9-26(10-8-24)47(2,3)4/h6-11,14,16-17,22,27-28,31-32,37,39,60-62H,12-13,15,18-21,50-52H2,1-5H3,(H,54,65)(H,55,64)(H,56,63)(H,67,68)(H2,53,57,58)/t22?,27-,28-,31+,32?,37?/m1/s1. The van der Waals surface area contributed by atoms with E-state index >= 15 is 0 Å². The number of ether oxygens (including phenoxy) is 2. The first-order valence-electron chi connectivity index (χ1n) is 22.2. The third kappa shape index (κ3) is 12.8. The number of carbonyl (C=O) groups is 5. The van der Waals surface area contributed by atoms with E-state index in [0.717, 1.165) is 17.5 Å². The van der Waals surface area contributed by atoms with Gasteiger partial charge in [-0.05, 0) is 66.3 Å². The van der Waals surface area contributed by atoms with Crippen molar-refractivity contribution in [1.82, 2.24) is 30.8 Å². The zero-order valence-corrected chi connectivity index (χ0v) is 39.2. The number of nitrogen functional groups attached to an aromatic ring is 1. The van der Waals surface area contributed by atoms with E-state index in [1.807, 2.05) is 20.8 Å². The Hall–Kier alpha value is -7.05. The second-order valence-electron chi connectivity index (χ2n) is 17.8. The summed E-state index contributed by atoms with van der Waals surface area (Å²) >= 11 is 0. The van der Waals surface area contributed by atoms with Crippen LogP contribution in [0.1, 0.15) is 79.3 Å². The molecule has 5 rings (SSSR count). The lowest BCUT2D eigenvalue weighted by molar-refractivity contribution is -0.143. The number of aromatic hydroxyl groups is 1. The monoisotopic (exact) mass is 978 g/mol. The van der Waals surface area contributed by atoms with E-state index in [2.05, 4.69) is 25.9 Å². The molecule has 4 aromatic rings. The molecule has 0 saturated heterocycles. The van der Waals surface area contributed by atoms with Gasteiger partial charge in [-0.1, -0.05) is 51.1 Å². The molecule has 1 aromatic heterocycles. The van der Waals surface area contributed by atoms with Crippen LogP contribution in [-0.4, -0.2) is 135 Å². The highest BCUT2D eigenvalue weighted by molar-refractivity contribution is 6.03. The molecule has 2 heterocycles. The van der Waals surface area contributed by atoms with Gasteiger partial charge in [-0.15, -0.1) is 0 Å².